The van der Waals surface area contributed by atoms with Gasteiger partial charge in [0.15, 0.2) is 0 Å². The van der Waals surface area contributed by atoms with Crippen molar-refractivity contribution in [1.29, 1.82) is 0 Å². The quantitative estimate of drug-likeness (QED) is 0.508. The molecule has 0 aliphatic heterocycles. The third-order valence-corrected chi connectivity index (χ3v) is 2.95. The van der Waals surface area contributed by atoms with Gasteiger partial charge in [-0.25, -0.2) is 0 Å². The molecule has 4 N–H and O–H groups in total. The normalized spacial score (nSPS) is 10.2. The zero-order valence-electron chi connectivity index (χ0n) is 11.4. The molecule has 2 aromatic rings. The van der Waals surface area contributed by atoms with E-state index >= 15 is 0 Å². The van der Waals surface area contributed by atoms with Gasteiger partial charge in [0.05, 0.1) is 4.92 Å². The third-order valence-electron chi connectivity index (χ3n) is 2.95. The summed E-state index contributed by atoms with van der Waals surface area (Å²) in [5.41, 5.74) is -0.397. The standard InChI is InChI=1S/C14H12N2O6/c1-7-2-4-8(5-3-7)15-14(20)11-9(17)6-10(18)12(13(11)19)16(21)22/h2-6,17-19H,1H3,(H,15,20). The predicted molar refractivity (Wildman–Crippen MR) is 77.2 cm³/mol. The zero-order valence-corrected chi connectivity index (χ0v) is 11.4. The Hall–Kier alpha value is -3.29. The number of phenolic OH excluding ortho intramolecular Hbond substituents is 3. The van der Waals surface area contributed by atoms with Crippen LogP contribution in [0.4, 0.5) is 11.4 Å². The Kier molecular flexibility index (Phi) is 3.85. The molecule has 2 aromatic carbocycles. The summed E-state index contributed by atoms with van der Waals surface area (Å²) in [6.07, 6.45) is 0. The number of aromatic hydroxyl groups is 3. The van der Waals surface area contributed by atoms with Gasteiger partial charge in [-0.3, -0.25) is 14.9 Å². The number of anilines is 1. The summed E-state index contributed by atoms with van der Waals surface area (Å²) in [4.78, 5) is 21.8. The van der Waals surface area contributed by atoms with Gasteiger partial charge in [-0.1, -0.05) is 17.7 Å². The molecule has 1 amide bonds. The number of rotatable bonds is 3. The van der Waals surface area contributed by atoms with Crippen molar-refractivity contribution < 1.29 is 25.0 Å². The molecule has 0 saturated carbocycles. The summed E-state index contributed by atoms with van der Waals surface area (Å²) >= 11 is 0. The monoisotopic (exact) mass is 304 g/mol. The van der Waals surface area contributed by atoms with Crippen LogP contribution < -0.4 is 5.32 Å². The number of nitrogens with one attached hydrogen (secondary N) is 1. The smallest absolute Gasteiger partial charge is 0.353 e. The Morgan fingerprint density at radius 3 is 2.27 bits per heavy atom. The molecule has 0 aromatic heterocycles. The van der Waals surface area contributed by atoms with Gasteiger partial charge in [-0.15, -0.1) is 0 Å². The minimum Gasteiger partial charge on any atom is -0.507 e. The molecule has 0 aliphatic rings. The Bertz CT molecular complexity index is 755. The van der Waals surface area contributed by atoms with Crippen LogP contribution in [0.25, 0.3) is 0 Å². The highest BCUT2D eigenvalue weighted by atomic mass is 16.6. The summed E-state index contributed by atoms with van der Waals surface area (Å²) in [6, 6.07) is 7.28. The van der Waals surface area contributed by atoms with Gasteiger partial charge in [-0.05, 0) is 19.1 Å². The van der Waals surface area contributed by atoms with Gasteiger partial charge in [0.25, 0.3) is 5.91 Å². The zero-order chi connectivity index (χ0) is 16.4. The van der Waals surface area contributed by atoms with Gasteiger partial charge in [0.1, 0.15) is 11.3 Å². The van der Waals surface area contributed by atoms with Crippen molar-refractivity contribution >= 4 is 17.3 Å². The Morgan fingerprint density at radius 1 is 1.14 bits per heavy atom. The van der Waals surface area contributed by atoms with Gasteiger partial charge in [0, 0.05) is 11.8 Å². The van der Waals surface area contributed by atoms with E-state index in [1.54, 1.807) is 24.3 Å². The topological polar surface area (TPSA) is 133 Å². The van der Waals surface area contributed by atoms with E-state index in [0.29, 0.717) is 11.8 Å². The lowest BCUT2D eigenvalue weighted by atomic mass is 10.1. The minimum absolute atomic E-state index is 0.380. The molecule has 0 unspecified atom stereocenters. The number of nitrogens with zero attached hydrogens (tertiary/aromatic N) is 1. The highest BCUT2D eigenvalue weighted by Gasteiger charge is 2.29. The van der Waals surface area contributed by atoms with Crippen LogP contribution in [0.1, 0.15) is 15.9 Å². The Morgan fingerprint density at radius 2 is 1.73 bits per heavy atom. The highest BCUT2D eigenvalue weighted by Crippen LogP contribution is 2.43. The number of hydrogen-bond acceptors (Lipinski definition) is 6. The first-order valence-electron chi connectivity index (χ1n) is 6.11. The van der Waals surface area contributed by atoms with Crippen LogP contribution in [-0.2, 0) is 0 Å². The molecule has 0 heterocycles. The Balaban J connectivity index is 2.43. The number of nitro groups is 1. The van der Waals surface area contributed by atoms with E-state index in [1.807, 2.05) is 6.92 Å². The predicted octanol–water partition coefficient (Wildman–Crippen LogP) is 2.27. The third kappa shape index (κ3) is 2.75. The molecule has 2 rings (SSSR count). The molecule has 8 heteroatoms. The number of carbonyl (C=O) groups excluding carboxylic acids is 1. The molecule has 22 heavy (non-hydrogen) atoms. The van der Waals surface area contributed by atoms with Crippen LogP contribution in [0.5, 0.6) is 17.2 Å². The maximum absolute atomic E-state index is 12.1. The molecule has 8 nitrogen and oxygen atoms in total. The van der Waals surface area contributed by atoms with Crippen molar-refractivity contribution in [3.63, 3.8) is 0 Å². The van der Waals surface area contributed by atoms with E-state index < -0.39 is 39.3 Å². The second-order valence-corrected chi connectivity index (χ2v) is 4.56. The first kappa shape index (κ1) is 15.1. The van der Waals surface area contributed by atoms with Crippen molar-refractivity contribution in [2.75, 3.05) is 5.32 Å². The summed E-state index contributed by atoms with van der Waals surface area (Å²) in [5.74, 6) is -3.76. The SMILES string of the molecule is Cc1ccc(NC(=O)c2c(O)cc(O)c([N+](=O)[O-])c2O)cc1. The molecule has 0 saturated heterocycles. The molecule has 0 atom stereocenters. The van der Waals surface area contributed by atoms with Crippen molar-refractivity contribution in [1.82, 2.24) is 0 Å². The van der Waals surface area contributed by atoms with E-state index in [0.717, 1.165) is 5.56 Å². The van der Waals surface area contributed by atoms with Crippen LogP contribution in [0, 0.1) is 17.0 Å². The number of amides is 1. The lowest BCUT2D eigenvalue weighted by Crippen LogP contribution is -2.13. The van der Waals surface area contributed by atoms with Crippen LogP contribution in [-0.4, -0.2) is 26.2 Å². The summed E-state index contributed by atoms with van der Waals surface area (Å²) in [5, 5.41) is 42.0. The van der Waals surface area contributed by atoms with Gasteiger partial charge in [0.2, 0.25) is 11.5 Å². The number of carbonyl (C=O) groups is 1. The van der Waals surface area contributed by atoms with E-state index in [9.17, 15) is 30.2 Å². The molecule has 0 radical (unpaired) electrons. The average Bonchev–Trinajstić information content (AvgIpc) is 2.40. The first-order chi connectivity index (χ1) is 10.3. The van der Waals surface area contributed by atoms with Crippen molar-refractivity contribution in [2.24, 2.45) is 0 Å². The van der Waals surface area contributed by atoms with E-state index in [4.69, 9.17) is 0 Å². The lowest BCUT2D eigenvalue weighted by Gasteiger charge is -2.10. The molecule has 0 fully saturated rings. The van der Waals surface area contributed by atoms with Crippen molar-refractivity contribution in [3.8, 4) is 17.2 Å². The van der Waals surface area contributed by atoms with Gasteiger partial charge in [-0.2, -0.15) is 0 Å². The summed E-state index contributed by atoms with van der Waals surface area (Å²) in [7, 11) is 0. The van der Waals surface area contributed by atoms with Crippen LogP contribution in [0.3, 0.4) is 0 Å². The Labute approximate surface area is 124 Å². The van der Waals surface area contributed by atoms with E-state index in [-0.39, 0.29) is 0 Å². The first-order valence-corrected chi connectivity index (χ1v) is 6.11. The maximum Gasteiger partial charge on any atom is 0.353 e. The fourth-order valence-corrected chi connectivity index (χ4v) is 1.87. The van der Waals surface area contributed by atoms with E-state index in [1.165, 1.54) is 0 Å². The average molecular weight is 304 g/mol. The minimum atomic E-state index is -1.10. The summed E-state index contributed by atoms with van der Waals surface area (Å²) < 4.78 is 0. The van der Waals surface area contributed by atoms with Gasteiger partial charge < -0.3 is 20.6 Å². The van der Waals surface area contributed by atoms with Crippen molar-refractivity contribution in [3.05, 3.63) is 51.6 Å². The molecule has 0 spiro atoms. The molecular formula is C14H12N2O6. The maximum atomic E-state index is 12.1. The molecule has 114 valence electrons. The van der Waals surface area contributed by atoms with Gasteiger partial charge >= 0.3 is 5.69 Å². The fourth-order valence-electron chi connectivity index (χ4n) is 1.87. The lowest BCUT2D eigenvalue weighted by molar-refractivity contribution is -0.386. The summed E-state index contributed by atoms with van der Waals surface area (Å²) in [6.45, 7) is 1.85. The second-order valence-electron chi connectivity index (χ2n) is 4.56. The second kappa shape index (κ2) is 5.60. The highest BCUT2D eigenvalue weighted by molar-refractivity contribution is 6.09. The molecule has 0 bridgehead atoms. The van der Waals surface area contributed by atoms with Crippen LogP contribution >= 0.6 is 0 Å². The van der Waals surface area contributed by atoms with E-state index in [2.05, 4.69) is 5.32 Å². The number of nitro benzene ring substituents is 1. The van der Waals surface area contributed by atoms with Crippen LogP contribution in [0.2, 0.25) is 0 Å². The van der Waals surface area contributed by atoms with Crippen LogP contribution in [0.15, 0.2) is 30.3 Å². The largest absolute Gasteiger partial charge is 0.507 e. The molecule has 0 aliphatic carbocycles. The van der Waals surface area contributed by atoms with Crippen molar-refractivity contribution in [2.45, 2.75) is 6.92 Å². The number of aryl methyl sites for hydroxylation is 1. The fraction of sp³-hybridized carbons (Fsp3) is 0.0714. The number of hydrogen-bond donors (Lipinski definition) is 4. The molecular weight excluding hydrogens is 292 g/mol. The number of benzene rings is 2. The number of phenols is 3.